The summed E-state index contributed by atoms with van der Waals surface area (Å²) in [5.41, 5.74) is -1.29. The summed E-state index contributed by atoms with van der Waals surface area (Å²) in [7, 11) is 0. The van der Waals surface area contributed by atoms with Crippen molar-refractivity contribution in [3.63, 3.8) is 0 Å². The van der Waals surface area contributed by atoms with E-state index in [4.69, 9.17) is 5.26 Å². The predicted molar refractivity (Wildman–Crippen MR) is 111 cm³/mol. The standard InChI is InChI=1S/C25H24F5NO/c1-2-3-4-5-16-6-8-17(9-7-16)18-10-11-21(24(28)12-18)25(29,30)32-19-13-22(26)20(15-31)23(27)14-19/h4-5,10-14,16-17H,2-3,6-9H2,1H3/b5-4-. The minimum atomic E-state index is -4.16. The van der Waals surface area contributed by atoms with Gasteiger partial charge in [0.25, 0.3) is 0 Å². The van der Waals surface area contributed by atoms with Crippen molar-refractivity contribution in [2.45, 2.75) is 57.5 Å². The van der Waals surface area contributed by atoms with Crippen LogP contribution >= 0.6 is 0 Å². The number of unbranched alkanes of at least 4 members (excludes halogenated alkanes) is 1. The first-order valence-electron chi connectivity index (χ1n) is 10.7. The van der Waals surface area contributed by atoms with Gasteiger partial charge < -0.3 is 4.74 Å². The van der Waals surface area contributed by atoms with Crippen LogP contribution < -0.4 is 4.74 Å². The van der Waals surface area contributed by atoms with Crippen LogP contribution in [0.15, 0.2) is 42.5 Å². The lowest BCUT2D eigenvalue weighted by Crippen LogP contribution is -2.24. The first-order valence-corrected chi connectivity index (χ1v) is 10.7. The van der Waals surface area contributed by atoms with Crippen LogP contribution in [0.2, 0.25) is 0 Å². The molecule has 2 aromatic carbocycles. The van der Waals surface area contributed by atoms with E-state index in [1.807, 2.05) is 0 Å². The van der Waals surface area contributed by atoms with Crippen molar-refractivity contribution in [2.75, 3.05) is 0 Å². The van der Waals surface area contributed by atoms with Crippen LogP contribution in [-0.2, 0) is 6.11 Å². The fourth-order valence-corrected chi connectivity index (χ4v) is 4.04. The summed E-state index contributed by atoms with van der Waals surface area (Å²) in [6, 6.07) is 5.72. The Hall–Kier alpha value is -2.88. The van der Waals surface area contributed by atoms with Crippen molar-refractivity contribution in [3.8, 4) is 11.8 Å². The van der Waals surface area contributed by atoms with E-state index in [0.29, 0.717) is 23.6 Å². The van der Waals surface area contributed by atoms with Gasteiger partial charge in [0, 0.05) is 12.1 Å². The first kappa shape index (κ1) is 23.8. The van der Waals surface area contributed by atoms with E-state index in [1.165, 1.54) is 12.1 Å². The highest BCUT2D eigenvalue weighted by Crippen LogP contribution is 2.39. The second-order valence-corrected chi connectivity index (χ2v) is 8.06. The maximum absolute atomic E-state index is 14.6. The van der Waals surface area contributed by atoms with Crippen LogP contribution in [0.3, 0.4) is 0 Å². The number of allylic oxidation sites excluding steroid dienone is 2. The Kier molecular flexibility index (Phi) is 7.55. The molecule has 0 aromatic heterocycles. The highest BCUT2D eigenvalue weighted by Gasteiger charge is 2.38. The Bertz CT molecular complexity index is 996. The molecule has 3 rings (SSSR count). The minimum absolute atomic E-state index is 0.0885. The molecule has 1 aliphatic carbocycles. The zero-order valence-corrected chi connectivity index (χ0v) is 17.7. The fourth-order valence-electron chi connectivity index (χ4n) is 4.04. The monoisotopic (exact) mass is 449 g/mol. The normalized spacial score (nSPS) is 19.2. The summed E-state index contributed by atoms with van der Waals surface area (Å²) in [5, 5.41) is 8.66. The third-order valence-corrected chi connectivity index (χ3v) is 5.79. The molecule has 0 saturated heterocycles. The van der Waals surface area contributed by atoms with Crippen LogP contribution in [0.25, 0.3) is 0 Å². The molecule has 0 unspecified atom stereocenters. The van der Waals surface area contributed by atoms with Gasteiger partial charge in [-0.2, -0.15) is 14.0 Å². The van der Waals surface area contributed by atoms with Crippen molar-refractivity contribution in [3.05, 3.63) is 76.6 Å². The molecule has 0 atom stereocenters. The number of hydrogen-bond donors (Lipinski definition) is 0. The largest absolute Gasteiger partial charge is 0.429 e. The number of nitriles is 1. The Balaban J connectivity index is 1.71. The lowest BCUT2D eigenvalue weighted by atomic mass is 9.78. The van der Waals surface area contributed by atoms with E-state index in [-0.39, 0.29) is 5.92 Å². The zero-order chi connectivity index (χ0) is 23.3. The molecule has 32 heavy (non-hydrogen) atoms. The molecule has 0 bridgehead atoms. The Labute approximate surface area is 184 Å². The molecule has 0 spiro atoms. The summed E-state index contributed by atoms with van der Waals surface area (Å²) in [6.45, 7) is 2.12. The molecule has 1 aliphatic rings. The number of alkyl halides is 2. The molecule has 2 nitrogen and oxygen atoms in total. The Morgan fingerprint density at radius 2 is 1.69 bits per heavy atom. The van der Waals surface area contributed by atoms with Crippen LogP contribution in [0.4, 0.5) is 22.0 Å². The minimum Gasteiger partial charge on any atom is -0.429 e. The molecule has 7 heteroatoms. The van der Waals surface area contributed by atoms with Crippen molar-refractivity contribution >= 4 is 0 Å². The van der Waals surface area contributed by atoms with Crippen molar-refractivity contribution < 1.29 is 26.7 Å². The predicted octanol–water partition coefficient (Wildman–Crippen LogP) is 7.73. The topological polar surface area (TPSA) is 33.0 Å². The van der Waals surface area contributed by atoms with Crippen molar-refractivity contribution in [1.29, 1.82) is 5.26 Å². The smallest absolute Gasteiger partial charge is 0.429 e. The lowest BCUT2D eigenvalue weighted by Gasteiger charge is -2.27. The van der Waals surface area contributed by atoms with E-state index in [2.05, 4.69) is 23.8 Å². The van der Waals surface area contributed by atoms with Crippen molar-refractivity contribution in [2.24, 2.45) is 5.92 Å². The summed E-state index contributed by atoms with van der Waals surface area (Å²) >= 11 is 0. The third-order valence-electron chi connectivity index (χ3n) is 5.79. The SMILES string of the molecule is CCC/C=C\C1CCC(c2ccc(C(F)(F)Oc3cc(F)c(C#N)c(F)c3)c(F)c2)CC1. The van der Waals surface area contributed by atoms with E-state index >= 15 is 0 Å². The molecule has 0 N–H and O–H groups in total. The molecule has 0 heterocycles. The first-order chi connectivity index (χ1) is 15.2. The Morgan fingerprint density at radius 1 is 1.03 bits per heavy atom. The number of rotatable bonds is 7. The lowest BCUT2D eigenvalue weighted by molar-refractivity contribution is -0.187. The fraction of sp³-hybridized carbons (Fsp3) is 0.400. The maximum atomic E-state index is 14.6. The molecule has 0 aliphatic heterocycles. The average molecular weight is 449 g/mol. The van der Waals surface area contributed by atoms with Gasteiger partial charge in [-0.25, -0.2) is 13.2 Å². The van der Waals surface area contributed by atoms with Crippen LogP contribution in [0, 0.1) is 34.7 Å². The quantitative estimate of drug-likeness (QED) is 0.320. The van der Waals surface area contributed by atoms with Gasteiger partial charge >= 0.3 is 6.11 Å². The number of nitrogens with zero attached hydrogens (tertiary/aromatic N) is 1. The molecule has 0 radical (unpaired) electrons. The second-order valence-electron chi connectivity index (χ2n) is 8.06. The molecule has 2 aromatic rings. The van der Waals surface area contributed by atoms with Gasteiger partial charge in [-0.15, -0.1) is 0 Å². The third kappa shape index (κ3) is 5.48. The van der Waals surface area contributed by atoms with E-state index in [1.54, 1.807) is 0 Å². The highest BCUT2D eigenvalue weighted by molar-refractivity contribution is 5.38. The van der Waals surface area contributed by atoms with E-state index in [9.17, 15) is 22.0 Å². The summed E-state index contributed by atoms with van der Waals surface area (Å²) in [5.74, 6) is -4.09. The van der Waals surface area contributed by atoms with Gasteiger partial charge in [0.05, 0.1) is 5.56 Å². The summed E-state index contributed by atoms with van der Waals surface area (Å²) in [4.78, 5) is 0. The molecule has 1 saturated carbocycles. The molecule has 1 fully saturated rings. The molecule has 170 valence electrons. The van der Waals surface area contributed by atoms with E-state index in [0.717, 1.165) is 50.7 Å². The second kappa shape index (κ2) is 10.2. The number of ether oxygens (including phenoxy) is 1. The molecular weight excluding hydrogens is 425 g/mol. The average Bonchev–Trinajstić information content (AvgIpc) is 2.73. The maximum Gasteiger partial charge on any atom is 0.429 e. The molecular formula is C25H24F5NO. The van der Waals surface area contributed by atoms with Crippen LogP contribution in [0.1, 0.15) is 68.1 Å². The molecule has 0 amide bonds. The van der Waals surface area contributed by atoms with Gasteiger partial charge in [-0.05, 0) is 61.6 Å². The van der Waals surface area contributed by atoms with Crippen LogP contribution in [0.5, 0.6) is 5.75 Å². The number of benzene rings is 2. The zero-order valence-electron chi connectivity index (χ0n) is 17.7. The summed E-state index contributed by atoms with van der Waals surface area (Å²) < 4.78 is 75.4. The van der Waals surface area contributed by atoms with Gasteiger partial charge in [-0.3, -0.25) is 0 Å². The van der Waals surface area contributed by atoms with Gasteiger partial charge in [0.15, 0.2) is 0 Å². The van der Waals surface area contributed by atoms with Gasteiger partial charge in [0.1, 0.15) is 34.8 Å². The number of halogens is 5. The summed E-state index contributed by atoms with van der Waals surface area (Å²) in [6.07, 6.45) is 6.02. The van der Waals surface area contributed by atoms with Gasteiger partial charge in [-0.1, -0.05) is 31.6 Å². The van der Waals surface area contributed by atoms with Crippen molar-refractivity contribution in [1.82, 2.24) is 0 Å². The van der Waals surface area contributed by atoms with Crippen LogP contribution in [-0.4, -0.2) is 0 Å². The van der Waals surface area contributed by atoms with E-state index < -0.39 is 40.4 Å². The Morgan fingerprint density at radius 3 is 2.25 bits per heavy atom. The highest BCUT2D eigenvalue weighted by atomic mass is 19.3. The number of hydrogen-bond acceptors (Lipinski definition) is 2. The van der Waals surface area contributed by atoms with Gasteiger partial charge in [0.2, 0.25) is 0 Å².